The van der Waals surface area contributed by atoms with E-state index < -0.39 is 5.97 Å². The minimum Gasteiger partial charge on any atom is -0.481 e. The molecule has 5 heteroatoms. The Morgan fingerprint density at radius 2 is 1.70 bits per heavy atom. The van der Waals surface area contributed by atoms with E-state index >= 15 is 0 Å². The van der Waals surface area contributed by atoms with Gasteiger partial charge >= 0.3 is 5.97 Å². The van der Waals surface area contributed by atoms with E-state index in [1.807, 2.05) is 24.3 Å². The highest BCUT2D eigenvalue weighted by atomic mass is 16.4. The van der Waals surface area contributed by atoms with E-state index in [-0.39, 0.29) is 18.7 Å². The van der Waals surface area contributed by atoms with E-state index in [0.29, 0.717) is 5.69 Å². The number of anilines is 2. The highest BCUT2D eigenvalue weighted by Crippen LogP contribution is 2.21. The average Bonchev–Trinajstić information content (AvgIpc) is 2.47. The lowest BCUT2D eigenvalue weighted by Gasteiger charge is -2.28. The topological polar surface area (TPSA) is 69.6 Å². The minimum atomic E-state index is -0.958. The maximum absolute atomic E-state index is 11.5. The van der Waals surface area contributed by atoms with Crippen molar-refractivity contribution < 1.29 is 14.7 Å². The van der Waals surface area contributed by atoms with E-state index in [9.17, 15) is 9.59 Å². The zero-order valence-electron chi connectivity index (χ0n) is 11.5. The number of benzene rings is 1. The SMILES string of the molecule is O=C(O)CCC(=O)Nc1ccc(N2CCCCC2)cc1. The van der Waals surface area contributed by atoms with Crippen molar-refractivity contribution in [3.8, 4) is 0 Å². The van der Waals surface area contributed by atoms with Gasteiger partial charge in [0, 0.05) is 30.9 Å². The van der Waals surface area contributed by atoms with Crippen LogP contribution in [0.5, 0.6) is 0 Å². The molecule has 108 valence electrons. The molecule has 0 radical (unpaired) electrons. The lowest BCUT2D eigenvalue weighted by molar-refractivity contribution is -0.138. The molecule has 1 aliphatic rings. The third kappa shape index (κ3) is 4.26. The number of hydrogen-bond acceptors (Lipinski definition) is 3. The molecular weight excluding hydrogens is 256 g/mol. The highest BCUT2D eigenvalue weighted by molar-refractivity contribution is 5.92. The quantitative estimate of drug-likeness (QED) is 0.867. The molecule has 20 heavy (non-hydrogen) atoms. The van der Waals surface area contributed by atoms with Gasteiger partial charge in [0.2, 0.25) is 5.91 Å². The fourth-order valence-electron chi connectivity index (χ4n) is 2.35. The summed E-state index contributed by atoms with van der Waals surface area (Å²) in [7, 11) is 0. The molecule has 1 aromatic carbocycles. The first-order valence-electron chi connectivity index (χ1n) is 7.02. The van der Waals surface area contributed by atoms with Crippen LogP contribution in [-0.4, -0.2) is 30.1 Å². The zero-order valence-corrected chi connectivity index (χ0v) is 11.5. The summed E-state index contributed by atoms with van der Waals surface area (Å²) in [6.07, 6.45) is 3.62. The number of piperidine rings is 1. The van der Waals surface area contributed by atoms with Crippen molar-refractivity contribution in [1.29, 1.82) is 0 Å². The molecule has 1 amide bonds. The third-order valence-corrected chi connectivity index (χ3v) is 3.44. The van der Waals surface area contributed by atoms with E-state index in [4.69, 9.17) is 5.11 Å². The Balaban J connectivity index is 1.87. The molecule has 2 N–H and O–H groups in total. The lowest BCUT2D eigenvalue weighted by Crippen LogP contribution is -2.29. The van der Waals surface area contributed by atoms with Crippen molar-refractivity contribution in [2.24, 2.45) is 0 Å². The Hall–Kier alpha value is -2.04. The molecule has 0 aromatic heterocycles. The molecule has 0 spiro atoms. The van der Waals surface area contributed by atoms with Crippen LogP contribution in [0.4, 0.5) is 11.4 Å². The summed E-state index contributed by atoms with van der Waals surface area (Å²) in [6, 6.07) is 7.72. The molecule has 1 aliphatic heterocycles. The number of carboxylic acids is 1. The van der Waals surface area contributed by atoms with Crippen LogP contribution in [0, 0.1) is 0 Å². The van der Waals surface area contributed by atoms with Gasteiger partial charge in [0.15, 0.2) is 0 Å². The van der Waals surface area contributed by atoms with Crippen molar-refractivity contribution in [3.63, 3.8) is 0 Å². The molecule has 1 fully saturated rings. The molecule has 5 nitrogen and oxygen atoms in total. The van der Waals surface area contributed by atoms with Crippen LogP contribution in [0.25, 0.3) is 0 Å². The molecule has 0 atom stereocenters. The summed E-state index contributed by atoms with van der Waals surface area (Å²) in [5.74, 6) is -1.22. The number of amides is 1. The maximum Gasteiger partial charge on any atom is 0.303 e. The molecule has 0 unspecified atom stereocenters. The van der Waals surface area contributed by atoms with E-state index in [2.05, 4.69) is 10.2 Å². The van der Waals surface area contributed by atoms with Gasteiger partial charge in [-0.1, -0.05) is 0 Å². The highest BCUT2D eigenvalue weighted by Gasteiger charge is 2.11. The van der Waals surface area contributed by atoms with Gasteiger partial charge in [-0.25, -0.2) is 0 Å². The first kappa shape index (κ1) is 14.4. The fraction of sp³-hybridized carbons (Fsp3) is 0.467. The molecule has 1 aromatic rings. The Kier molecular flexibility index (Phi) is 4.98. The van der Waals surface area contributed by atoms with Crippen LogP contribution in [0.2, 0.25) is 0 Å². The van der Waals surface area contributed by atoms with E-state index in [1.165, 1.54) is 24.9 Å². The van der Waals surface area contributed by atoms with Crippen molar-refractivity contribution in [1.82, 2.24) is 0 Å². The number of carbonyl (C=O) groups excluding carboxylic acids is 1. The van der Waals surface area contributed by atoms with Gasteiger partial charge in [0.1, 0.15) is 0 Å². The molecule has 1 saturated heterocycles. The Morgan fingerprint density at radius 3 is 2.30 bits per heavy atom. The largest absolute Gasteiger partial charge is 0.481 e. The van der Waals surface area contributed by atoms with Crippen LogP contribution >= 0.6 is 0 Å². The first-order valence-corrected chi connectivity index (χ1v) is 7.02. The maximum atomic E-state index is 11.5. The van der Waals surface area contributed by atoms with Crippen LogP contribution < -0.4 is 10.2 Å². The zero-order chi connectivity index (χ0) is 14.4. The third-order valence-electron chi connectivity index (χ3n) is 3.44. The van der Waals surface area contributed by atoms with Gasteiger partial charge in [-0.2, -0.15) is 0 Å². The van der Waals surface area contributed by atoms with Gasteiger partial charge in [-0.15, -0.1) is 0 Å². The summed E-state index contributed by atoms with van der Waals surface area (Å²) in [5, 5.41) is 11.2. The number of rotatable bonds is 5. The summed E-state index contributed by atoms with van der Waals surface area (Å²) in [4.78, 5) is 24.3. The average molecular weight is 276 g/mol. The van der Waals surface area contributed by atoms with Gasteiger partial charge < -0.3 is 15.3 Å². The molecule has 1 heterocycles. The fourth-order valence-corrected chi connectivity index (χ4v) is 2.35. The molecule has 0 saturated carbocycles. The van der Waals surface area contributed by atoms with Crippen molar-refractivity contribution in [3.05, 3.63) is 24.3 Å². The number of carboxylic acid groups (broad SMARTS) is 1. The van der Waals surface area contributed by atoms with Crippen molar-refractivity contribution >= 4 is 23.3 Å². The number of nitrogens with zero attached hydrogens (tertiary/aromatic N) is 1. The predicted octanol–water partition coefficient (Wildman–Crippen LogP) is 2.48. The summed E-state index contributed by atoms with van der Waals surface area (Å²) >= 11 is 0. The number of carbonyl (C=O) groups is 2. The Labute approximate surface area is 118 Å². The second kappa shape index (κ2) is 6.93. The van der Waals surface area contributed by atoms with Gasteiger partial charge in [-0.3, -0.25) is 9.59 Å². The second-order valence-corrected chi connectivity index (χ2v) is 5.04. The normalized spacial score (nSPS) is 14.9. The van der Waals surface area contributed by atoms with Crippen LogP contribution in [0.3, 0.4) is 0 Å². The smallest absolute Gasteiger partial charge is 0.303 e. The predicted molar refractivity (Wildman–Crippen MR) is 78.0 cm³/mol. The summed E-state index contributed by atoms with van der Waals surface area (Å²) < 4.78 is 0. The first-order chi connectivity index (χ1) is 9.65. The van der Waals surface area contributed by atoms with Gasteiger partial charge in [0.25, 0.3) is 0 Å². The number of aliphatic carboxylic acids is 1. The van der Waals surface area contributed by atoms with E-state index in [0.717, 1.165) is 13.1 Å². The Morgan fingerprint density at radius 1 is 1.05 bits per heavy atom. The minimum absolute atomic E-state index is 0.00318. The monoisotopic (exact) mass is 276 g/mol. The number of hydrogen-bond donors (Lipinski definition) is 2. The summed E-state index contributed by atoms with van der Waals surface area (Å²) in [6.45, 7) is 2.18. The summed E-state index contributed by atoms with van der Waals surface area (Å²) in [5.41, 5.74) is 1.88. The molecule has 0 bridgehead atoms. The van der Waals surface area contributed by atoms with Gasteiger partial charge in [-0.05, 0) is 43.5 Å². The van der Waals surface area contributed by atoms with Crippen LogP contribution in [0.1, 0.15) is 32.1 Å². The Bertz CT molecular complexity index is 465. The van der Waals surface area contributed by atoms with E-state index in [1.54, 1.807) is 0 Å². The van der Waals surface area contributed by atoms with Crippen molar-refractivity contribution in [2.75, 3.05) is 23.3 Å². The second-order valence-electron chi connectivity index (χ2n) is 5.04. The lowest BCUT2D eigenvalue weighted by atomic mass is 10.1. The molecule has 0 aliphatic carbocycles. The van der Waals surface area contributed by atoms with Gasteiger partial charge in [0.05, 0.1) is 6.42 Å². The molecule has 2 rings (SSSR count). The molecular formula is C15H20N2O3. The van der Waals surface area contributed by atoms with Crippen LogP contribution in [-0.2, 0) is 9.59 Å². The number of nitrogens with one attached hydrogen (secondary N) is 1. The standard InChI is InChI=1S/C15H20N2O3/c18-14(8-9-15(19)20)16-12-4-6-13(7-5-12)17-10-2-1-3-11-17/h4-7H,1-3,8-11H2,(H,16,18)(H,19,20). The van der Waals surface area contributed by atoms with Crippen molar-refractivity contribution in [2.45, 2.75) is 32.1 Å². The van der Waals surface area contributed by atoms with Crippen LogP contribution in [0.15, 0.2) is 24.3 Å².